The van der Waals surface area contributed by atoms with Crippen molar-refractivity contribution in [2.45, 2.75) is 6.42 Å². The Morgan fingerprint density at radius 3 is 2.07 bits per heavy atom. The molecule has 2 amide bonds. The van der Waals surface area contributed by atoms with Gasteiger partial charge in [0.05, 0.1) is 28.4 Å². The van der Waals surface area contributed by atoms with Crippen LogP contribution in [0.5, 0.6) is 28.7 Å². The zero-order valence-corrected chi connectivity index (χ0v) is 16.1. The first-order chi connectivity index (χ1) is 13.4. The molecule has 0 aliphatic carbocycles. The number of benzene rings is 2. The van der Waals surface area contributed by atoms with Crippen molar-refractivity contribution in [3.05, 3.63) is 41.0 Å². The van der Waals surface area contributed by atoms with E-state index in [0.29, 0.717) is 34.8 Å². The lowest BCUT2D eigenvalue weighted by Crippen LogP contribution is -2.42. The molecule has 3 rings (SSSR count). The molecule has 2 aromatic rings. The van der Waals surface area contributed by atoms with Gasteiger partial charge in [0.25, 0.3) is 11.8 Å². The summed E-state index contributed by atoms with van der Waals surface area (Å²) in [6.45, 7) is 0.188. The second-order valence-electron chi connectivity index (χ2n) is 6.11. The van der Waals surface area contributed by atoms with Gasteiger partial charge in [-0.2, -0.15) is 0 Å². The predicted molar refractivity (Wildman–Crippen MR) is 99.8 cm³/mol. The average molecular weight is 387 g/mol. The molecule has 8 heteroatoms. The molecule has 1 N–H and O–H groups in total. The highest BCUT2D eigenvalue weighted by Crippen LogP contribution is 2.39. The van der Waals surface area contributed by atoms with Crippen LogP contribution in [-0.2, 0) is 6.42 Å². The summed E-state index contributed by atoms with van der Waals surface area (Å²) in [7, 11) is 5.77. The van der Waals surface area contributed by atoms with Crippen molar-refractivity contribution in [1.29, 1.82) is 0 Å². The highest BCUT2D eigenvalue weighted by molar-refractivity contribution is 6.12. The van der Waals surface area contributed by atoms with Gasteiger partial charge in [0, 0.05) is 17.7 Å². The Kier molecular flexibility index (Phi) is 5.30. The molecular formula is C20H21NO7. The summed E-state index contributed by atoms with van der Waals surface area (Å²) >= 11 is 0. The van der Waals surface area contributed by atoms with Gasteiger partial charge in [-0.3, -0.25) is 14.5 Å². The van der Waals surface area contributed by atoms with E-state index >= 15 is 0 Å². The molecule has 2 aromatic carbocycles. The highest BCUT2D eigenvalue weighted by Gasteiger charge is 2.32. The normalized spacial score (nSPS) is 13.0. The summed E-state index contributed by atoms with van der Waals surface area (Å²) in [5, 5.41) is 9.91. The van der Waals surface area contributed by atoms with E-state index in [9.17, 15) is 14.7 Å². The number of carbonyl (C=O) groups is 2. The maximum Gasteiger partial charge on any atom is 0.261 e. The van der Waals surface area contributed by atoms with E-state index in [1.807, 2.05) is 0 Å². The number of fused-ring (bicyclic) bond motifs is 1. The van der Waals surface area contributed by atoms with Crippen LogP contribution in [0.1, 0.15) is 26.3 Å². The Bertz CT molecular complexity index is 913. The van der Waals surface area contributed by atoms with Crippen LogP contribution in [0.4, 0.5) is 0 Å². The third-order valence-corrected chi connectivity index (χ3v) is 4.64. The molecule has 28 heavy (non-hydrogen) atoms. The van der Waals surface area contributed by atoms with Crippen LogP contribution in [0.15, 0.2) is 24.3 Å². The molecule has 8 nitrogen and oxygen atoms in total. The first-order valence-corrected chi connectivity index (χ1v) is 8.51. The summed E-state index contributed by atoms with van der Waals surface area (Å²) < 4.78 is 20.9. The van der Waals surface area contributed by atoms with Crippen LogP contribution >= 0.6 is 0 Å². The number of hydrogen-bond acceptors (Lipinski definition) is 7. The standard InChI is InChI=1S/C20H21NO7/c1-25-15-10-13-11(7-14(15)22)5-6-21(20(13)24)19(23)12-8-16(26-2)18(28-4)17(9-12)27-3/h7-10,22H,5-6H2,1-4H3. The van der Waals surface area contributed by atoms with Crippen LogP contribution in [-0.4, -0.2) is 56.8 Å². The number of amides is 2. The number of hydrogen-bond donors (Lipinski definition) is 1. The minimum atomic E-state index is -0.484. The van der Waals surface area contributed by atoms with Crippen molar-refractivity contribution in [2.75, 3.05) is 35.0 Å². The van der Waals surface area contributed by atoms with Gasteiger partial charge < -0.3 is 24.1 Å². The zero-order valence-electron chi connectivity index (χ0n) is 16.1. The number of rotatable bonds is 5. The van der Waals surface area contributed by atoms with Gasteiger partial charge in [0.1, 0.15) is 0 Å². The third-order valence-electron chi connectivity index (χ3n) is 4.64. The summed E-state index contributed by atoms with van der Waals surface area (Å²) in [6.07, 6.45) is 0.425. The van der Waals surface area contributed by atoms with Crippen molar-refractivity contribution < 1.29 is 33.6 Å². The van der Waals surface area contributed by atoms with Crippen molar-refractivity contribution in [3.63, 3.8) is 0 Å². The van der Waals surface area contributed by atoms with Gasteiger partial charge in [0.15, 0.2) is 23.0 Å². The zero-order chi connectivity index (χ0) is 20.4. The van der Waals surface area contributed by atoms with Crippen LogP contribution in [0.25, 0.3) is 0 Å². The molecule has 1 aliphatic heterocycles. The van der Waals surface area contributed by atoms with Crippen molar-refractivity contribution in [2.24, 2.45) is 0 Å². The Hall–Kier alpha value is -3.42. The Morgan fingerprint density at radius 2 is 1.54 bits per heavy atom. The number of methoxy groups -OCH3 is 4. The van der Waals surface area contributed by atoms with Gasteiger partial charge in [-0.05, 0) is 36.2 Å². The number of aromatic hydroxyl groups is 1. The van der Waals surface area contributed by atoms with E-state index in [2.05, 4.69) is 0 Å². The first-order valence-electron chi connectivity index (χ1n) is 8.51. The molecule has 1 aliphatic rings. The average Bonchev–Trinajstić information content (AvgIpc) is 2.72. The van der Waals surface area contributed by atoms with E-state index < -0.39 is 11.8 Å². The largest absolute Gasteiger partial charge is 0.504 e. The number of carbonyl (C=O) groups excluding carboxylic acids is 2. The van der Waals surface area contributed by atoms with Crippen LogP contribution in [0, 0.1) is 0 Å². The van der Waals surface area contributed by atoms with Crippen LogP contribution in [0.2, 0.25) is 0 Å². The van der Waals surface area contributed by atoms with E-state index in [0.717, 1.165) is 4.90 Å². The number of imide groups is 1. The monoisotopic (exact) mass is 387 g/mol. The Balaban J connectivity index is 1.99. The van der Waals surface area contributed by atoms with E-state index in [-0.39, 0.29) is 23.6 Å². The minimum Gasteiger partial charge on any atom is -0.504 e. The van der Waals surface area contributed by atoms with Crippen LogP contribution in [0.3, 0.4) is 0 Å². The SMILES string of the molecule is COc1cc2c(cc1O)CCN(C(=O)c1cc(OC)c(OC)c(OC)c1)C2=O. The molecule has 0 bridgehead atoms. The molecule has 148 valence electrons. The lowest BCUT2D eigenvalue weighted by molar-refractivity contribution is 0.0604. The van der Waals surface area contributed by atoms with Crippen molar-refractivity contribution in [1.82, 2.24) is 4.90 Å². The first kappa shape index (κ1) is 19.3. The fourth-order valence-electron chi connectivity index (χ4n) is 3.21. The van der Waals surface area contributed by atoms with Gasteiger partial charge in [-0.1, -0.05) is 0 Å². The van der Waals surface area contributed by atoms with E-state index in [1.165, 1.54) is 52.7 Å². The number of nitrogens with zero attached hydrogens (tertiary/aromatic N) is 1. The predicted octanol–water partition coefficient (Wildman–Crippen LogP) is 2.27. The second-order valence-corrected chi connectivity index (χ2v) is 6.11. The van der Waals surface area contributed by atoms with Gasteiger partial charge in [0.2, 0.25) is 5.75 Å². The summed E-state index contributed by atoms with van der Waals surface area (Å²) in [5.74, 6) is 0.188. The maximum absolute atomic E-state index is 13.0. The Morgan fingerprint density at radius 1 is 0.929 bits per heavy atom. The number of phenols is 1. The van der Waals surface area contributed by atoms with Gasteiger partial charge in [-0.25, -0.2) is 0 Å². The smallest absolute Gasteiger partial charge is 0.261 e. The minimum absolute atomic E-state index is 0.0431. The molecule has 0 unspecified atom stereocenters. The topological polar surface area (TPSA) is 94.5 Å². The van der Waals surface area contributed by atoms with E-state index in [1.54, 1.807) is 0 Å². The summed E-state index contributed by atoms with van der Waals surface area (Å²) in [6, 6.07) is 5.95. The highest BCUT2D eigenvalue weighted by atomic mass is 16.5. The number of phenolic OH excluding ortho intramolecular Hbond substituents is 1. The molecule has 0 saturated carbocycles. The molecule has 0 aromatic heterocycles. The molecule has 0 spiro atoms. The lowest BCUT2D eigenvalue weighted by atomic mass is 9.97. The second kappa shape index (κ2) is 7.67. The maximum atomic E-state index is 13.0. The fourth-order valence-corrected chi connectivity index (χ4v) is 3.21. The molecule has 0 atom stereocenters. The third kappa shape index (κ3) is 3.17. The molecule has 0 radical (unpaired) electrons. The van der Waals surface area contributed by atoms with Gasteiger partial charge in [-0.15, -0.1) is 0 Å². The van der Waals surface area contributed by atoms with Gasteiger partial charge >= 0.3 is 0 Å². The van der Waals surface area contributed by atoms with Crippen molar-refractivity contribution in [3.8, 4) is 28.7 Å². The van der Waals surface area contributed by atoms with E-state index in [4.69, 9.17) is 18.9 Å². The Labute approximate surface area is 162 Å². The fraction of sp³-hybridized carbons (Fsp3) is 0.300. The number of ether oxygens (including phenoxy) is 4. The molecule has 1 heterocycles. The summed E-state index contributed by atoms with van der Waals surface area (Å²) in [5.41, 5.74) is 1.22. The molecular weight excluding hydrogens is 366 g/mol. The van der Waals surface area contributed by atoms with Crippen molar-refractivity contribution >= 4 is 11.8 Å². The lowest BCUT2D eigenvalue weighted by Gasteiger charge is -2.28. The molecule has 0 saturated heterocycles. The quantitative estimate of drug-likeness (QED) is 0.787. The molecule has 0 fully saturated rings. The van der Waals surface area contributed by atoms with Crippen LogP contribution < -0.4 is 18.9 Å². The summed E-state index contributed by atoms with van der Waals surface area (Å²) in [4.78, 5) is 27.1.